The first-order valence-corrected chi connectivity index (χ1v) is 12.4. The van der Waals surface area contributed by atoms with Crippen LogP contribution in [0, 0.1) is 6.92 Å². The van der Waals surface area contributed by atoms with Gasteiger partial charge in [-0.2, -0.15) is 0 Å². The van der Waals surface area contributed by atoms with Crippen molar-refractivity contribution in [1.82, 2.24) is 5.32 Å². The van der Waals surface area contributed by atoms with Gasteiger partial charge in [-0.25, -0.2) is 0 Å². The molecule has 0 bridgehead atoms. The van der Waals surface area contributed by atoms with Crippen LogP contribution in [0.3, 0.4) is 0 Å². The Morgan fingerprint density at radius 3 is 2.49 bits per heavy atom. The number of ether oxygens (including phenoxy) is 1. The predicted molar refractivity (Wildman–Crippen MR) is 157 cm³/mol. The number of allylic oxidation sites excluding steroid dienone is 5. The summed E-state index contributed by atoms with van der Waals surface area (Å²) in [5.41, 5.74) is 11.7. The summed E-state index contributed by atoms with van der Waals surface area (Å²) in [6.07, 6.45) is 16.7. The highest BCUT2D eigenvalue weighted by Gasteiger charge is 2.14. The summed E-state index contributed by atoms with van der Waals surface area (Å²) in [5, 5.41) is 3.37. The first-order chi connectivity index (χ1) is 16.9. The summed E-state index contributed by atoms with van der Waals surface area (Å²) in [5.74, 6) is 1.51. The number of hydrogen-bond acceptors (Lipinski definition) is 4. The Hall–Kier alpha value is -3.34. The van der Waals surface area contributed by atoms with Gasteiger partial charge in [-0.1, -0.05) is 70.6 Å². The van der Waals surface area contributed by atoms with Crippen molar-refractivity contribution in [1.29, 1.82) is 0 Å². The van der Waals surface area contributed by atoms with Gasteiger partial charge in [0.1, 0.15) is 11.6 Å². The lowest BCUT2D eigenvalue weighted by molar-refractivity contribution is 0.411. The van der Waals surface area contributed by atoms with E-state index >= 15 is 0 Å². The third-order valence-electron chi connectivity index (χ3n) is 4.96. The highest BCUT2D eigenvalue weighted by molar-refractivity contribution is 6.11. The number of benzene rings is 1. The second kappa shape index (κ2) is 19.0. The van der Waals surface area contributed by atoms with Crippen molar-refractivity contribution in [3.05, 3.63) is 83.3 Å². The average Bonchev–Trinajstić information content (AvgIpc) is 2.87. The van der Waals surface area contributed by atoms with Gasteiger partial charge in [0, 0.05) is 36.2 Å². The number of hydrogen-bond donors (Lipinski definition) is 2. The third kappa shape index (κ3) is 11.6. The molecule has 0 saturated heterocycles. The second-order valence-corrected chi connectivity index (χ2v) is 7.71. The molecule has 0 aliphatic heterocycles. The Labute approximate surface area is 214 Å². The van der Waals surface area contributed by atoms with E-state index in [9.17, 15) is 0 Å². The van der Waals surface area contributed by atoms with E-state index < -0.39 is 0 Å². The Morgan fingerprint density at radius 2 is 1.91 bits per heavy atom. The van der Waals surface area contributed by atoms with Crippen LogP contribution in [0.2, 0.25) is 0 Å². The van der Waals surface area contributed by atoms with Gasteiger partial charge in [-0.3, -0.25) is 9.98 Å². The predicted octanol–water partition coefficient (Wildman–Crippen LogP) is 7.15. The topological polar surface area (TPSA) is 72.0 Å². The van der Waals surface area contributed by atoms with Gasteiger partial charge in [0.15, 0.2) is 0 Å². The Balaban J connectivity index is 0.00000562. The summed E-state index contributed by atoms with van der Waals surface area (Å²) < 4.78 is 5.66. The molecule has 1 rings (SSSR count). The minimum Gasteiger partial charge on any atom is -0.496 e. The van der Waals surface area contributed by atoms with Gasteiger partial charge in [0.05, 0.1) is 13.7 Å². The van der Waals surface area contributed by atoms with Crippen molar-refractivity contribution in [3.63, 3.8) is 0 Å². The van der Waals surface area contributed by atoms with Crippen LogP contribution in [-0.2, 0) is 0 Å². The molecule has 0 amide bonds. The quantitative estimate of drug-likeness (QED) is 0.190. The first-order valence-electron chi connectivity index (χ1n) is 12.4. The zero-order valence-corrected chi connectivity index (χ0v) is 23.1. The molecule has 1 aromatic rings. The number of nitrogens with two attached hydrogens (primary N) is 1. The fraction of sp³-hybridized carbons (Fsp3) is 0.400. The molecule has 0 atom stereocenters. The van der Waals surface area contributed by atoms with Crippen molar-refractivity contribution < 1.29 is 4.74 Å². The molecular weight excluding hydrogens is 432 g/mol. The Bertz CT molecular complexity index is 963. The molecule has 0 aromatic heterocycles. The number of aliphatic imine (C=N–C) groups is 2. The maximum Gasteiger partial charge on any atom is 0.133 e. The Morgan fingerprint density at radius 1 is 1.20 bits per heavy atom. The molecule has 1 aromatic carbocycles. The lowest BCUT2D eigenvalue weighted by Crippen LogP contribution is -2.21. The van der Waals surface area contributed by atoms with Crippen LogP contribution in [0.4, 0.5) is 0 Å². The minimum atomic E-state index is 0.474. The van der Waals surface area contributed by atoms with Gasteiger partial charge in [-0.05, 0) is 56.2 Å². The van der Waals surface area contributed by atoms with E-state index in [0.717, 1.165) is 58.7 Å². The summed E-state index contributed by atoms with van der Waals surface area (Å²) in [6.45, 7) is 17.0. The van der Waals surface area contributed by atoms with Gasteiger partial charge in [-0.15, -0.1) is 0 Å². The fourth-order valence-corrected chi connectivity index (χ4v) is 3.13. The molecule has 0 fully saturated rings. The molecule has 35 heavy (non-hydrogen) atoms. The lowest BCUT2D eigenvalue weighted by Gasteiger charge is -2.16. The third-order valence-corrected chi connectivity index (χ3v) is 4.96. The summed E-state index contributed by atoms with van der Waals surface area (Å²) in [4.78, 5) is 8.99. The SMILES string of the molecule is C=C(/C=C\C(C)=C\CC)CN=C(N/C=C/CCC)c1cc(/C(C=NC)=C/N)cc(OC)c1C.CC. The van der Waals surface area contributed by atoms with Crippen LogP contribution in [-0.4, -0.2) is 32.8 Å². The maximum absolute atomic E-state index is 5.86. The van der Waals surface area contributed by atoms with Gasteiger partial charge < -0.3 is 15.8 Å². The van der Waals surface area contributed by atoms with E-state index in [1.807, 2.05) is 39.1 Å². The van der Waals surface area contributed by atoms with Crippen molar-refractivity contribution in [2.75, 3.05) is 20.7 Å². The molecule has 5 nitrogen and oxygen atoms in total. The zero-order valence-electron chi connectivity index (χ0n) is 23.1. The molecule has 0 heterocycles. The number of nitrogens with zero attached hydrogens (tertiary/aromatic N) is 2. The van der Waals surface area contributed by atoms with Gasteiger partial charge in [0.2, 0.25) is 0 Å². The first kappa shape index (κ1) is 31.7. The van der Waals surface area contributed by atoms with E-state index in [-0.39, 0.29) is 0 Å². The van der Waals surface area contributed by atoms with E-state index in [4.69, 9.17) is 15.5 Å². The van der Waals surface area contributed by atoms with Crippen molar-refractivity contribution in [3.8, 4) is 5.75 Å². The van der Waals surface area contributed by atoms with Crippen LogP contribution in [0.15, 0.2) is 76.5 Å². The van der Waals surface area contributed by atoms with Crippen molar-refractivity contribution in [2.24, 2.45) is 15.7 Å². The van der Waals surface area contributed by atoms with Crippen LogP contribution in [0.5, 0.6) is 5.75 Å². The molecule has 3 N–H and O–H groups in total. The highest BCUT2D eigenvalue weighted by atomic mass is 16.5. The number of nitrogens with one attached hydrogen (secondary N) is 1. The molecule has 192 valence electrons. The van der Waals surface area contributed by atoms with E-state index in [1.165, 1.54) is 5.57 Å². The van der Waals surface area contributed by atoms with Crippen molar-refractivity contribution in [2.45, 2.75) is 60.8 Å². The normalized spacial score (nSPS) is 12.9. The minimum absolute atomic E-state index is 0.474. The number of methoxy groups -OCH3 is 1. The summed E-state index contributed by atoms with van der Waals surface area (Å²) >= 11 is 0. The standard InChI is InChI=1S/C28H40N4O.C2H6/c1-8-10-11-15-31-28(32-19-22(4)14-13-21(3)12-9-2)26-16-24(25(18-29)20-30-6)17-27(33-7)23(26)5;1-2/h11-18,20H,4,8-10,19,29H2,1-3,5-7H3,(H,31,32);1-2H3/b14-13-,15-11+,21-12+,25-18+,30-20?;. The molecule has 0 aliphatic carbocycles. The average molecular weight is 479 g/mol. The monoisotopic (exact) mass is 478 g/mol. The lowest BCUT2D eigenvalue weighted by atomic mass is 9.98. The molecule has 0 spiro atoms. The zero-order chi connectivity index (χ0) is 26.6. The maximum atomic E-state index is 5.86. The number of amidine groups is 1. The second-order valence-electron chi connectivity index (χ2n) is 7.71. The molecule has 0 saturated carbocycles. The smallest absolute Gasteiger partial charge is 0.133 e. The van der Waals surface area contributed by atoms with E-state index in [0.29, 0.717) is 6.54 Å². The van der Waals surface area contributed by atoms with Crippen molar-refractivity contribution >= 4 is 17.6 Å². The number of unbranched alkanes of at least 4 members (excludes halogenated alkanes) is 1. The molecule has 0 aliphatic rings. The highest BCUT2D eigenvalue weighted by Crippen LogP contribution is 2.27. The summed E-state index contributed by atoms with van der Waals surface area (Å²) in [7, 11) is 3.39. The molecule has 0 unspecified atom stereocenters. The van der Waals surface area contributed by atoms with Crippen LogP contribution in [0.25, 0.3) is 5.57 Å². The fourth-order valence-electron chi connectivity index (χ4n) is 3.13. The van der Waals surface area contributed by atoms with E-state index in [1.54, 1.807) is 26.6 Å². The summed E-state index contributed by atoms with van der Waals surface area (Å²) in [6, 6.07) is 4.03. The molecule has 0 radical (unpaired) electrons. The van der Waals surface area contributed by atoms with Crippen LogP contribution >= 0.6 is 0 Å². The van der Waals surface area contributed by atoms with Gasteiger partial charge in [0.25, 0.3) is 0 Å². The van der Waals surface area contributed by atoms with Crippen LogP contribution in [0.1, 0.15) is 70.6 Å². The molecule has 5 heteroatoms. The van der Waals surface area contributed by atoms with Crippen LogP contribution < -0.4 is 15.8 Å². The largest absolute Gasteiger partial charge is 0.496 e. The Kier molecular flexibility index (Phi) is 17.2. The number of rotatable bonds is 12. The van der Waals surface area contributed by atoms with Gasteiger partial charge >= 0.3 is 0 Å². The van der Waals surface area contributed by atoms with E-state index in [2.05, 4.69) is 62.0 Å². The molecular formula is C30H46N4O.